The van der Waals surface area contributed by atoms with Gasteiger partial charge in [-0.15, -0.1) is 0 Å². The second-order valence-corrected chi connectivity index (χ2v) is 6.02. The molecule has 0 bridgehead atoms. The van der Waals surface area contributed by atoms with E-state index in [0.717, 1.165) is 18.3 Å². The van der Waals surface area contributed by atoms with Gasteiger partial charge in [0.1, 0.15) is 12.3 Å². The molecule has 5 nitrogen and oxygen atoms in total. The number of hydrogen-bond donors (Lipinski definition) is 1. The van der Waals surface area contributed by atoms with Gasteiger partial charge in [-0.2, -0.15) is 12.6 Å². The fraction of sp³-hybridized carbons (Fsp3) is 0.471. The van der Waals surface area contributed by atoms with E-state index in [0.29, 0.717) is 25.1 Å². The average Bonchev–Trinajstić information content (AvgIpc) is 3.13. The smallest absolute Gasteiger partial charge is 0.255 e. The van der Waals surface area contributed by atoms with E-state index < -0.39 is 6.04 Å². The molecule has 2 aliphatic heterocycles. The summed E-state index contributed by atoms with van der Waals surface area (Å²) in [4.78, 5) is 39.6. The number of rotatable bonds is 6. The first-order valence-electron chi connectivity index (χ1n) is 7.74. The molecule has 6 heteroatoms. The predicted molar refractivity (Wildman–Crippen MR) is 92.2 cm³/mol. The van der Waals surface area contributed by atoms with Crippen molar-refractivity contribution in [2.24, 2.45) is 0 Å². The highest BCUT2D eigenvalue weighted by molar-refractivity contribution is 7.80. The number of amides is 2. The Kier molecular flexibility index (Phi) is 5.82. The van der Waals surface area contributed by atoms with Gasteiger partial charge in [0.15, 0.2) is 0 Å². The minimum atomic E-state index is -0.663. The molecule has 0 spiro atoms. The molecule has 0 saturated carbocycles. The Morgan fingerprint density at radius 3 is 2.83 bits per heavy atom. The Labute approximate surface area is 142 Å². The van der Waals surface area contributed by atoms with E-state index in [-0.39, 0.29) is 23.6 Å². The van der Waals surface area contributed by atoms with Crippen molar-refractivity contribution in [1.29, 1.82) is 0 Å². The number of thiol groups is 1. The van der Waals surface area contributed by atoms with Crippen LogP contribution in [0.15, 0.2) is 36.0 Å². The molecule has 2 unspecified atom stereocenters. The van der Waals surface area contributed by atoms with Crippen LogP contribution in [0.2, 0.25) is 0 Å². The SMILES string of the molecule is C=CC1=C(/C=C\C)CN(C(CS)C(=O)N2CCCC2C=O)C1=O. The molecule has 0 aliphatic carbocycles. The molecular weight excluding hydrogens is 312 g/mol. The third-order valence-corrected chi connectivity index (χ3v) is 4.67. The van der Waals surface area contributed by atoms with E-state index in [1.54, 1.807) is 4.90 Å². The third-order valence-electron chi connectivity index (χ3n) is 4.32. The van der Waals surface area contributed by atoms with Crippen LogP contribution in [0.25, 0.3) is 0 Å². The van der Waals surface area contributed by atoms with Gasteiger partial charge in [0, 0.05) is 24.4 Å². The fourth-order valence-electron chi connectivity index (χ4n) is 3.16. The van der Waals surface area contributed by atoms with Crippen LogP contribution in [-0.2, 0) is 14.4 Å². The standard InChI is InChI=1S/C17H22N2O3S/c1-3-6-12-9-19(16(21)14(12)4-2)15(11-23)17(22)18-8-5-7-13(18)10-20/h3-4,6,10,13,15,23H,2,5,7-9,11H2,1H3/b6-3-. The summed E-state index contributed by atoms with van der Waals surface area (Å²) in [7, 11) is 0. The van der Waals surface area contributed by atoms with E-state index in [9.17, 15) is 14.4 Å². The quantitative estimate of drug-likeness (QED) is 0.590. The van der Waals surface area contributed by atoms with Crippen LogP contribution in [0.1, 0.15) is 19.8 Å². The maximum atomic E-state index is 12.8. The maximum Gasteiger partial charge on any atom is 0.255 e. The molecule has 0 aromatic rings. The molecule has 2 atom stereocenters. The van der Waals surface area contributed by atoms with Crippen LogP contribution >= 0.6 is 12.6 Å². The van der Waals surface area contributed by atoms with Crippen molar-refractivity contribution < 1.29 is 14.4 Å². The third kappa shape index (κ3) is 3.27. The zero-order valence-electron chi connectivity index (χ0n) is 13.3. The van der Waals surface area contributed by atoms with Crippen LogP contribution in [-0.4, -0.2) is 58.8 Å². The van der Waals surface area contributed by atoms with E-state index >= 15 is 0 Å². The lowest BCUT2D eigenvalue weighted by atomic mass is 10.1. The molecule has 0 radical (unpaired) electrons. The normalized spacial score (nSPS) is 23.0. The summed E-state index contributed by atoms with van der Waals surface area (Å²) in [6, 6.07) is -1.05. The topological polar surface area (TPSA) is 57.7 Å². The lowest BCUT2D eigenvalue weighted by Crippen LogP contribution is -2.52. The number of nitrogens with zero attached hydrogens (tertiary/aromatic N) is 2. The molecule has 2 aliphatic rings. The van der Waals surface area contributed by atoms with E-state index in [4.69, 9.17) is 0 Å². The Hall–Kier alpha value is -1.82. The maximum absolute atomic E-state index is 12.8. The number of allylic oxidation sites excluding steroid dienone is 1. The van der Waals surface area contributed by atoms with Gasteiger partial charge in [0.05, 0.1) is 6.04 Å². The molecule has 2 amide bonds. The molecule has 1 fully saturated rings. The minimum absolute atomic E-state index is 0.201. The molecular formula is C17H22N2O3S. The fourth-order valence-corrected chi connectivity index (χ4v) is 3.51. The first-order valence-corrected chi connectivity index (χ1v) is 8.38. The van der Waals surface area contributed by atoms with Crippen molar-refractivity contribution in [3.63, 3.8) is 0 Å². The second-order valence-electron chi connectivity index (χ2n) is 5.65. The van der Waals surface area contributed by atoms with Crippen molar-refractivity contribution >= 4 is 30.7 Å². The Balaban J connectivity index is 2.22. The summed E-state index contributed by atoms with van der Waals surface area (Å²) in [5.74, 6) is -0.185. The van der Waals surface area contributed by atoms with Crippen LogP contribution < -0.4 is 0 Å². The second kappa shape index (κ2) is 7.64. The minimum Gasteiger partial charge on any atom is -0.331 e. The Morgan fingerprint density at radius 2 is 2.26 bits per heavy atom. The van der Waals surface area contributed by atoms with Gasteiger partial charge in [0.25, 0.3) is 5.91 Å². The summed E-state index contributed by atoms with van der Waals surface area (Å²) in [5.41, 5.74) is 1.37. The highest BCUT2D eigenvalue weighted by atomic mass is 32.1. The number of hydrogen-bond acceptors (Lipinski definition) is 4. The van der Waals surface area contributed by atoms with Gasteiger partial charge < -0.3 is 14.6 Å². The average molecular weight is 334 g/mol. The molecule has 1 saturated heterocycles. The van der Waals surface area contributed by atoms with Crippen molar-refractivity contribution in [3.8, 4) is 0 Å². The van der Waals surface area contributed by atoms with Crippen LogP contribution in [0.3, 0.4) is 0 Å². The highest BCUT2D eigenvalue weighted by Crippen LogP contribution is 2.26. The van der Waals surface area contributed by atoms with E-state index in [1.165, 1.54) is 11.0 Å². The first-order chi connectivity index (χ1) is 11.1. The number of carbonyl (C=O) groups is 3. The van der Waals surface area contributed by atoms with Crippen molar-refractivity contribution in [2.75, 3.05) is 18.8 Å². The number of carbonyl (C=O) groups excluding carboxylic acids is 3. The van der Waals surface area contributed by atoms with Crippen molar-refractivity contribution in [2.45, 2.75) is 31.8 Å². The zero-order chi connectivity index (χ0) is 17.0. The summed E-state index contributed by atoms with van der Waals surface area (Å²) >= 11 is 4.27. The molecule has 0 aromatic heterocycles. The molecule has 2 rings (SSSR count). The van der Waals surface area contributed by atoms with Crippen LogP contribution in [0.4, 0.5) is 0 Å². The molecule has 2 heterocycles. The van der Waals surface area contributed by atoms with Gasteiger partial charge in [-0.3, -0.25) is 9.59 Å². The number of aldehydes is 1. The van der Waals surface area contributed by atoms with Gasteiger partial charge in [-0.05, 0) is 25.3 Å². The van der Waals surface area contributed by atoms with E-state index in [1.807, 2.05) is 19.1 Å². The molecule has 23 heavy (non-hydrogen) atoms. The lowest BCUT2D eigenvalue weighted by molar-refractivity contribution is -0.143. The van der Waals surface area contributed by atoms with Crippen molar-refractivity contribution in [1.82, 2.24) is 9.80 Å². The van der Waals surface area contributed by atoms with Gasteiger partial charge in [-0.1, -0.05) is 24.8 Å². The molecule has 124 valence electrons. The summed E-state index contributed by atoms with van der Waals surface area (Å²) in [6.45, 7) is 6.48. The van der Waals surface area contributed by atoms with Gasteiger partial charge in [0.2, 0.25) is 5.91 Å². The first kappa shape index (κ1) is 17.5. The Bertz CT molecular complexity index is 582. The molecule has 0 aromatic carbocycles. The lowest BCUT2D eigenvalue weighted by Gasteiger charge is -2.31. The predicted octanol–water partition coefficient (Wildman–Crippen LogP) is 1.38. The largest absolute Gasteiger partial charge is 0.331 e. The van der Waals surface area contributed by atoms with Crippen LogP contribution in [0.5, 0.6) is 0 Å². The van der Waals surface area contributed by atoms with E-state index in [2.05, 4.69) is 19.2 Å². The molecule has 0 N–H and O–H groups in total. The Morgan fingerprint density at radius 1 is 1.52 bits per heavy atom. The van der Waals surface area contributed by atoms with Gasteiger partial charge in [-0.25, -0.2) is 0 Å². The summed E-state index contributed by atoms with van der Waals surface area (Å²) in [6.07, 6.45) is 7.55. The number of likely N-dealkylation sites (tertiary alicyclic amines) is 1. The van der Waals surface area contributed by atoms with Crippen molar-refractivity contribution in [3.05, 3.63) is 36.0 Å². The van der Waals surface area contributed by atoms with Crippen LogP contribution in [0, 0.1) is 0 Å². The van der Waals surface area contributed by atoms with Gasteiger partial charge >= 0.3 is 0 Å². The summed E-state index contributed by atoms with van der Waals surface area (Å²) < 4.78 is 0. The highest BCUT2D eigenvalue weighted by Gasteiger charge is 2.40. The summed E-state index contributed by atoms with van der Waals surface area (Å²) in [5, 5.41) is 0. The monoisotopic (exact) mass is 334 g/mol. The zero-order valence-corrected chi connectivity index (χ0v) is 14.2.